The van der Waals surface area contributed by atoms with Crippen LogP contribution in [-0.2, 0) is 16.0 Å². The van der Waals surface area contributed by atoms with Gasteiger partial charge in [0.05, 0.1) is 0 Å². The predicted octanol–water partition coefficient (Wildman–Crippen LogP) is 3.21. The summed E-state index contributed by atoms with van der Waals surface area (Å²) in [6.07, 6.45) is 2.52. The fraction of sp³-hybridized carbons (Fsp3) is 0.375. The molecule has 1 aromatic heterocycles. The zero-order chi connectivity index (χ0) is 14.8. The highest BCUT2D eigenvalue weighted by atomic mass is 16.6. The molecule has 0 fully saturated rings. The number of aromatic nitrogens is 1. The van der Waals surface area contributed by atoms with Crippen molar-refractivity contribution in [3.8, 4) is 5.75 Å². The van der Waals surface area contributed by atoms with Crippen LogP contribution in [0, 0.1) is 0 Å². The molecule has 106 valence electrons. The number of esters is 1. The van der Waals surface area contributed by atoms with Crippen LogP contribution in [-0.4, -0.2) is 21.7 Å². The Bertz CT molecular complexity index is 629. The number of carbonyl (C=O) groups excluding carboxylic acids is 1. The molecule has 0 aliphatic rings. The Morgan fingerprint density at radius 3 is 2.75 bits per heavy atom. The van der Waals surface area contributed by atoms with Crippen LogP contribution in [0.4, 0.5) is 0 Å². The molecule has 0 aliphatic carbocycles. The predicted molar refractivity (Wildman–Crippen MR) is 77.6 cm³/mol. The van der Waals surface area contributed by atoms with Gasteiger partial charge in [-0.2, -0.15) is 0 Å². The van der Waals surface area contributed by atoms with Crippen LogP contribution in [0.1, 0.15) is 32.8 Å². The summed E-state index contributed by atoms with van der Waals surface area (Å²) in [5.41, 5.74) is 1.08. The maximum atomic E-state index is 11.7. The fourth-order valence-corrected chi connectivity index (χ4v) is 2.06. The highest BCUT2D eigenvalue weighted by Crippen LogP contribution is 2.26. The molecule has 0 amide bonds. The van der Waals surface area contributed by atoms with E-state index in [-0.39, 0.29) is 11.7 Å². The van der Waals surface area contributed by atoms with Crippen LogP contribution in [0.2, 0.25) is 0 Å². The second kappa shape index (κ2) is 5.49. The number of fused-ring (bicyclic) bond motifs is 1. The quantitative estimate of drug-likeness (QED) is 0.872. The van der Waals surface area contributed by atoms with Crippen LogP contribution in [0.3, 0.4) is 0 Å². The number of ether oxygens (including phenoxy) is 1. The van der Waals surface area contributed by atoms with Crippen LogP contribution < -0.4 is 0 Å². The Kier molecular flexibility index (Phi) is 3.93. The van der Waals surface area contributed by atoms with E-state index in [1.54, 1.807) is 12.3 Å². The van der Waals surface area contributed by atoms with E-state index in [4.69, 9.17) is 4.74 Å². The van der Waals surface area contributed by atoms with Gasteiger partial charge in [0.25, 0.3) is 0 Å². The molecule has 4 heteroatoms. The van der Waals surface area contributed by atoms with Crippen molar-refractivity contribution in [1.82, 2.24) is 4.98 Å². The molecular formula is C16H19NO3. The summed E-state index contributed by atoms with van der Waals surface area (Å²) in [6, 6.07) is 7.15. The van der Waals surface area contributed by atoms with Crippen LogP contribution in [0.25, 0.3) is 10.9 Å². The monoisotopic (exact) mass is 273 g/mol. The maximum absolute atomic E-state index is 11.7. The molecule has 1 N–H and O–H groups in total. The first-order chi connectivity index (χ1) is 9.37. The minimum absolute atomic E-state index is 0.154. The Balaban J connectivity index is 2.15. The van der Waals surface area contributed by atoms with Gasteiger partial charge in [0.15, 0.2) is 0 Å². The maximum Gasteiger partial charge on any atom is 0.306 e. The molecule has 20 heavy (non-hydrogen) atoms. The summed E-state index contributed by atoms with van der Waals surface area (Å²) in [6.45, 7) is 5.56. The lowest BCUT2D eigenvalue weighted by molar-refractivity contribution is -0.154. The van der Waals surface area contributed by atoms with Gasteiger partial charge in [0, 0.05) is 18.0 Å². The van der Waals surface area contributed by atoms with Gasteiger partial charge >= 0.3 is 5.97 Å². The normalized spacial score (nSPS) is 11.6. The molecule has 2 aromatic rings. The molecule has 1 heterocycles. The Hall–Kier alpha value is -2.10. The average molecular weight is 273 g/mol. The summed E-state index contributed by atoms with van der Waals surface area (Å²) in [5.74, 6) is -0.0655. The minimum Gasteiger partial charge on any atom is -0.506 e. The summed E-state index contributed by atoms with van der Waals surface area (Å²) < 4.78 is 5.29. The van der Waals surface area contributed by atoms with E-state index >= 15 is 0 Å². The van der Waals surface area contributed by atoms with Crippen molar-refractivity contribution in [2.24, 2.45) is 0 Å². The van der Waals surface area contributed by atoms with Gasteiger partial charge in [0.2, 0.25) is 0 Å². The van der Waals surface area contributed by atoms with Crippen LogP contribution >= 0.6 is 0 Å². The van der Waals surface area contributed by atoms with Gasteiger partial charge in [-0.3, -0.25) is 9.78 Å². The smallest absolute Gasteiger partial charge is 0.306 e. The number of phenolic OH excluding ortho intramolecular Hbond substituents is 1. The van der Waals surface area contributed by atoms with Crippen molar-refractivity contribution in [3.05, 3.63) is 36.0 Å². The average Bonchev–Trinajstić information content (AvgIpc) is 2.36. The lowest BCUT2D eigenvalue weighted by atomic mass is 10.0. The van der Waals surface area contributed by atoms with Gasteiger partial charge in [-0.25, -0.2) is 0 Å². The van der Waals surface area contributed by atoms with Crippen LogP contribution in [0.5, 0.6) is 5.75 Å². The zero-order valence-electron chi connectivity index (χ0n) is 12.0. The van der Waals surface area contributed by atoms with E-state index < -0.39 is 5.60 Å². The molecule has 0 spiro atoms. The third-order valence-electron chi connectivity index (χ3n) is 2.86. The minimum atomic E-state index is -0.463. The third-order valence-corrected chi connectivity index (χ3v) is 2.86. The summed E-state index contributed by atoms with van der Waals surface area (Å²) in [5, 5.41) is 10.6. The van der Waals surface area contributed by atoms with Crippen molar-refractivity contribution in [2.75, 3.05) is 0 Å². The molecule has 0 saturated heterocycles. The fourth-order valence-electron chi connectivity index (χ4n) is 2.06. The molecule has 0 bridgehead atoms. The molecule has 2 rings (SSSR count). The lowest BCUT2D eigenvalue weighted by Gasteiger charge is -2.19. The molecule has 0 unspecified atom stereocenters. The number of nitrogens with zero attached hydrogens (tertiary/aromatic N) is 1. The first kappa shape index (κ1) is 14.3. The highest BCUT2D eigenvalue weighted by Gasteiger charge is 2.16. The van der Waals surface area contributed by atoms with Gasteiger partial charge in [-0.15, -0.1) is 0 Å². The second-order valence-corrected chi connectivity index (χ2v) is 5.73. The van der Waals surface area contributed by atoms with E-state index in [1.807, 2.05) is 39.0 Å². The highest BCUT2D eigenvalue weighted by molar-refractivity contribution is 5.87. The van der Waals surface area contributed by atoms with E-state index in [9.17, 15) is 9.90 Å². The molecule has 4 nitrogen and oxygen atoms in total. The number of pyridine rings is 1. The lowest BCUT2D eigenvalue weighted by Crippen LogP contribution is -2.24. The van der Waals surface area contributed by atoms with E-state index in [2.05, 4.69) is 4.98 Å². The van der Waals surface area contributed by atoms with Crippen molar-refractivity contribution in [1.29, 1.82) is 0 Å². The van der Waals surface area contributed by atoms with Gasteiger partial charge < -0.3 is 9.84 Å². The van der Waals surface area contributed by atoms with E-state index in [0.29, 0.717) is 18.4 Å². The number of aromatic hydroxyl groups is 1. The van der Waals surface area contributed by atoms with E-state index in [0.717, 1.165) is 10.9 Å². The first-order valence-corrected chi connectivity index (χ1v) is 6.64. The van der Waals surface area contributed by atoms with Gasteiger partial charge in [-0.1, -0.05) is 12.1 Å². The Morgan fingerprint density at radius 1 is 1.30 bits per heavy atom. The topological polar surface area (TPSA) is 59.4 Å². The SMILES string of the molecule is CC(C)(C)OC(=O)CCc1ccc(O)c2ncccc12. The Labute approximate surface area is 118 Å². The second-order valence-electron chi connectivity index (χ2n) is 5.73. The van der Waals surface area contributed by atoms with Crippen LogP contribution in [0.15, 0.2) is 30.5 Å². The number of benzene rings is 1. The largest absolute Gasteiger partial charge is 0.506 e. The summed E-state index contributed by atoms with van der Waals surface area (Å²) in [4.78, 5) is 15.9. The molecule has 0 atom stereocenters. The molecule has 0 radical (unpaired) electrons. The summed E-state index contributed by atoms with van der Waals surface area (Å²) in [7, 11) is 0. The number of phenols is 1. The standard InChI is InChI=1S/C16H19NO3/c1-16(2,3)20-14(19)9-7-11-6-8-13(18)15-12(11)5-4-10-17-15/h4-6,8,10,18H,7,9H2,1-3H3. The third kappa shape index (κ3) is 3.47. The van der Waals surface area contributed by atoms with Crippen molar-refractivity contribution in [2.45, 2.75) is 39.2 Å². The number of carbonyl (C=O) groups is 1. The number of rotatable bonds is 3. The Morgan fingerprint density at radius 2 is 2.05 bits per heavy atom. The number of hydrogen-bond acceptors (Lipinski definition) is 4. The zero-order valence-corrected chi connectivity index (χ0v) is 12.0. The van der Waals surface area contributed by atoms with Crippen molar-refractivity contribution < 1.29 is 14.6 Å². The molecule has 1 aromatic carbocycles. The number of aryl methyl sites for hydroxylation is 1. The van der Waals surface area contributed by atoms with E-state index in [1.165, 1.54) is 0 Å². The summed E-state index contributed by atoms with van der Waals surface area (Å²) >= 11 is 0. The van der Waals surface area contributed by atoms with Crippen molar-refractivity contribution >= 4 is 16.9 Å². The molecule has 0 aliphatic heterocycles. The van der Waals surface area contributed by atoms with Crippen molar-refractivity contribution in [3.63, 3.8) is 0 Å². The first-order valence-electron chi connectivity index (χ1n) is 6.64. The number of hydrogen-bond donors (Lipinski definition) is 1. The molecule has 0 saturated carbocycles. The van der Waals surface area contributed by atoms with Gasteiger partial charge in [0.1, 0.15) is 16.9 Å². The molecular weight excluding hydrogens is 254 g/mol. The van der Waals surface area contributed by atoms with Gasteiger partial charge in [-0.05, 0) is 44.9 Å².